The maximum absolute atomic E-state index is 5.86. The second kappa shape index (κ2) is 4.54. The number of aromatic nitrogens is 5. The first kappa shape index (κ1) is 11.6. The number of nitrogens with two attached hydrogens (primary N) is 1. The maximum Gasteiger partial charge on any atom is 0.175 e. The van der Waals surface area contributed by atoms with Crippen LogP contribution in [0.5, 0.6) is 0 Å². The van der Waals surface area contributed by atoms with Crippen LogP contribution in [0.4, 0.5) is 5.82 Å². The summed E-state index contributed by atoms with van der Waals surface area (Å²) in [6.07, 6.45) is 1.73. The molecule has 2 heterocycles. The van der Waals surface area contributed by atoms with Gasteiger partial charge >= 0.3 is 0 Å². The average Bonchev–Trinajstić information content (AvgIpc) is 2.82. The minimum absolute atomic E-state index is 0.437. The number of nitrogens with zero attached hydrogens (tertiary/aromatic N) is 6. The highest BCUT2D eigenvalue weighted by molar-refractivity contribution is 5.66. The molecule has 0 aliphatic heterocycles. The van der Waals surface area contributed by atoms with Crippen LogP contribution in [0.2, 0.25) is 0 Å². The highest BCUT2D eigenvalue weighted by Gasteiger charge is 2.15. The zero-order chi connectivity index (χ0) is 12.4. The van der Waals surface area contributed by atoms with E-state index in [0.717, 1.165) is 24.5 Å². The standard InChI is InChI=1S/C10H17N7/c1-15(2)6-7-17-9(10(11)13-14-17)8-4-5-12-16(8)3/h4-5H,6-7,11H2,1-3H3. The summed E-state index contributed by atoms with van der Waals surface area (Å²) in [6, 6.07) is 1.90. The molecule has 0 radical (unpaired) electrons. The largest absolute Gasteiger partial charge is 0.380 e. The summed E-state index contributed by atoms with van der Waals surface area (Å²) in [6.45, 7) is 1.63. The monoisotopic (exact) mass is 235 g/mol. The molecule has 0 spiro atoms. The van der Waals surface area contributed by atoms with Crippen molar-refractivity contribution in [3.8, 4) is 11.4 Å². The van der Waals surface area contributed by atoms with E-state index in [1.807, 2.05) is 31.9 Å². The van der Waals surface area contributed by atoms with Gasteiger partial charge in [0.05, 0.1) is 12.2 Å². The van der Waals surface area contributed by atoms with Crippen molar-refractivity contribution in [2.45, 2.75) is 6.54 Å². The Labute approximate surface area is 99.8 Å². The first-order valence-corrected chi connectivity index (χ1v) is 5.41. The van der Waals surface area contributed by atoms with Crippen LogP contribution in [-0.2, 0) is 13.6 Å². The van der Waals surface area contributed by atoms with Gasteiger partial charge in [-0.3, -0.25) is 4.68 Å². The SMILES string of the molecule is CN(C)CCn1nnc(N)c1-c1ccnn1C. The predicted octanol–water partition coefficient (Wildman–Crippen LogP) is -0.178. The molecule has 2 rings (SSSR count). The van der Waals surface area contributed by atoms with Crippen LogP contribution in [0.3, 0.4) is 0 Å². The van der Waals surface area contributed by atoms with E-state index in [-0.39, 0.29) is 0 Å². The Morgan fingerprint density at radius 3 is 2.76 bits per heavy atom. The van der Waals surface area contributed by atoms with Gasteiger partial charge in [0.2, 0.25) is 0 Å². The zero-order valence-electron chi connectivity index (χ0n) is 10.3. The first-order valence-electron chi connectivity index (χ1n) is 5.41. The normalized spacial score (nSPS) is 11.3. The number of aryl methyl sites for hydroxylation is 1. The number of rotatable bonds is 4. The lowest BCUT2D eigenvalue weighted by Gasteiger charge is -2.11. The molecule has 2 aromatic rings. The van der Waals surface area contributed by atoms with Crippen molar-refractivity contribution < 1.29 is 0 Å². The topological polar surface area (TPSA) is 77.8 Å². The summed E-state index contributed by atoms with van der Waals surface area (Å²) in [5, 5.41) is 12.1. The number of hydrogen-bond acceptors (Lipinski definition) is 5. The van der Waals surface area contributed by atoms with E-state index in [1.165, 1.54) is 0 Å². The average molecular weight is 235 g/mol. The Bertz CT molecular complexity index is 496. The van der Waals surface area contributed by atoms with Crippen molar-refractivity contribution >= 4 is 5.82 Å². The van der Waals surface area contributed by atoms with Gasteiger partial charge in [-0.05, 0) is 20.2 Å². The molecule has 0 saturated heterocycles. The molecule has 2 aromatic heterocycles. The van der Waals surface area contributed by atoms with Crippen LogP contribution in [0, 0.1) is 0 Å². The van der Waals surface area contributed by atoms with Crippen LogP contribution < -0.4 is 5.73 Å². The summed E-state index contributed by atoms with van der Waals surface area (Å²) in [7, 11) is 5.91. The molecule has 0 aliphatic carbocycles. The highest BCUT2D eigenvalue weighted by Crippen LogP contribution is 2.22. The molecule has 0 aromatic carbocycles. The van der Waals surface area contributed by atoms with Gasteiger partial charge < -0.3 is 10.6 Å². The van der Waals surface area contributed by atoms with Crippen molar-refractivity contribution in [3.63, 3.8) is 0 Å². The predicted molar refractivity (Wildman–Crippen MR) is 65.2 cm³/mol. The molecule has 0 saturated carbocycles. The van der Waals surface area contributed by atoms with E-state index < -0.39 is 0 Å². The lowest BCUT2D eigenvalue weighted by atomic mass is 10.3. The van der Waals surface area contributed by atoms with Crippen LogP contribution in [0.1, 0.15) is 0 Å². The van der Waals surface area contributed by atoms with E-state index in [0.29, 0.717) is 5.82 Å². The van der Waals surface area contributed by atoms with Crippen molar-refractivity contribution in [1.29, 1.82) is 0 Å². The van der Waals surface area contributed by atoms with Crippen molar-refractivity contribution in [2.75, 3.05) is 26.4 Å². The van der Waals surface area contributed by atoms with Crippen molar-refractivity contribution in [2.24, 2.45) is 7.05 Å². The van der Waals surface area contributed by atoms with Gasteiger partial charge in [0, 0.05) is 19.8 Å². The summed E-state index contributed by atoms with van der Waals surface area (Å²) in [5.74, 6) is 0.437. The van der Waals surface area contributed by atoms with Crippen LogP contribution in [0.15, 0.2) is 12.3 Å². The molecule has 2 N–H and O–H groups in total. The second-order valence-corrected chi connectivity index (χ2v) is 4.19. The lowest BCUT2D eigenvalue weighted by molar-refractivity contribution is 0.371. The van der Waals surface area contributed by atoms with Crippen LogP contribution >= 0.6 is 0 Å². The maximum atomic E-state index is 5.86. The van der Waals surface area contributed by atoms with Gasteiger partial charge in [-0.25, -0.2) is 4.68 Å². The Morgan fingerprint density at radius 1 is 1.41 bits per heavy atom. The van der Waals surface area contributed by atoms with Gasteiger partial charge in [0.25, 0.3) is 0 Å². The molecule has 17 heavy (non-hydrogen) atoms. The molecule has 0 amide bonds. The molecule has 7 nitrogen and oxygen atoms in total. The van der Waals surface area contributed by atoms with E-state index in [1.54, 1.807) is 10.9 Å². The molecule has 7 heteroatoms. The third-order valence-electron chi connectivity index (χ3n) is 2.58. The summed E-state index contributed by atoms with van der Waals surface area (Å²) in [5.41, 5.74) is 7.61. The Kier molecular flexibility index (Phi) is 3.10. The Hall–Kier alpha value is -1.89. The fraction of sp³-hybridized carbons (Fsp3) is 0.500. The smallest absolute Gasteiger partial charge is 0.175 e. The van der Waals surface area contributed by atoms with E-state index in [4.69, 9.17) is 5.73 Å². The van der Waals surface area contributed by atoms with E-state index in [2.05, 4.69) is 20.3 Å². The molecule has 0 aliphatic rings. The third-order valence-corrected chi connectivity index (χ3v) is 2.58. The number of hydrogen-bond donors (Lipinski definition) is 1. The van der Waals surface area contributed by atoms with Crippen molar-refractivity contribution in [3.05, 3.63) is 12.3 Å². The summed E-state index contributed by atoms with van der Waals surface area (Å²) in [4.78, 5) is 2.09. The summed E-state index contributed by atoms with van der Waals surface area (Å²) < 4.78 is 3.58. The first-order chi connectivity index (χ1) is 8.09. The zero-order valence-corrected chi connectivity index (χ0v) is 10.3. The fourth-order valence-corrected chi connectivity index (χ4v) is 1.65. The van der Waals surface area contributed by atoms with Crippen molar-refractivity contribution in [1.82, 2.24) is 29.7 Å². The van der Waals surface area contributed by atoms with Crippen LogP contribution in [0.25, 0.3) is 11.4 Å². The van der Waals surface area contributed by atoms with Gasteiger partial charge in [-0.15, -0.1) is 5.10 Å². The molecular weight excluding hydrogens is 218 g/mol. The van der Waals surface area contributed by atoms with Gasteiger partial charge in [-0.1, -0.05) is 5.21 Å². The second-order valence-electron chi connectivity index (χ2n) is 4.19. The third kappa shape index (κ3) is 2.28. The van der Waals surface area contributed by atoms with Gasteiger partial charge in [0.15, 0.2) is 5.82 Å². The highest BCUT2D eigenvalue weighted by atomic mass is 15.5. The quantitative estimate of drug-likeness (QED) is 0.795. The minimum atomic E-state index is 0.437. The van der Waals surface area contributed by atoms with E-state index in [9.17, 15) is 0 Å². The number of likely N-dealkylation sites (N-methyl/N-ethyl adjacent to an activating group) is 1. The molecule has 0 unspecified atom stereocenters. The number of anilines is 1. The lowest BCUT2D eigenvalue weighted by Crippen LogP contribution is -2.20. The van der Waals surface area contributed by atoms with Gasteiger partial charge in [0.1, 0.15) is 5.69 Å². The van der Waals surface area contributed by atoms with Gasteiger partial charge in [-0.2, -0.15) is 5.10 Å². The molecule has 0 bridgehead atoms. The molecule has 0 fully saturated rings. The van der Waals surface area contributed by atoms with Crippen LogP contribution in [-0.4, -0.2) is 50.3 Å². The molecular formula is C10H17N7. The molecule has 0 atom stereocenters. The summed E-state index contributed by atoms with van der Waals surface area (Å²) >= 11 is 0. The fourth-order valence-electron chi connectivity index (χ4n) is 1.65. The Balaban J connectivity index is 2.33. The number of nitrogen functional groups attached to an aromatic ring is 1. The Morgan fingerprint density at radius 2 is 2.18 bits per heavy atom. The van der Waals surface area contributed by atoms with E-state index >= 15 is 0 Å². The molecule has 92 valence electrons. The minimum Gasteiger partial charge on any atom is -0.380 e.